The molecule has 6 nitrogen and oxygen atoms in total. The van der Waals surface area contributed by atoms with Gasteiger partial charge in [0.15, 0.2) is 5.96 Å². The van der Waals surface area contributed by atoms with Crippen molar-refractivity contribution in [3.8, 4) is 0 Å². The fourth-order valence-electron chi connectivity index (χ4n) is 3.26. The van der Waals surface area contributed by atoms with Crippen LogP contribution in [0.3, 0.4) is 0 Å². The van der Waals surface area contributed by atoms with E-state index in [4.69, 9.17) is 10.5 Å². The molecule has 0 radical (unpaired) electrons. The van der Waals surface area contributed by atoms with E-state index < -0.39 is 0 Å². The van der Waals surface area contributed by atoms with Crippen molar-refractivity contribution in [3.05, 3.63) is 30.1 Å². The Bertz CT molecular complexity index is 527. The Kier molecular flexibility index (Phi) is 6.34. The molecule has 3 N–H and O–H groups in total. The second kappa shape index (κ2) is 8.69. The Balaban J connectivity index is 1.50. The molecule has 2 fully saturated rings. The summed E-state index contributed by atoms with van der Waals surface area (Å²) in [6, 6.07) is 5.96. The van der Waals surface area contributed by atoms with Gasteiger partial charge in [0.25, 0.3) is 0 Å². The molecule has 0 aromatic carbocycles. The second-order valence-corrected chi connectivity index (χ2v) is 7.43. The quantitative estimate of drug-likeness (QED) is 0.583. The minimum absolute atomic E-state index is 0.154. The van der Waals surface area contributed by atoms with Gasteiger partial charge in [0.1, 0.15) is 0 Å². The molecule has 2 aliphatic rings. The maximum absolute atomic E-state index is 6.07. The maximum Gasteiger partial charge on any atom is 0.188 e. The molecule has 3 rings (SSSR count). The Morgan fingerprint density at radius 3 is 3.00 bits per heavy atom. The summed E-state index contributed by atoms with van der Waals surface area (Å²) in [5.74, 6) is 2.88. The van der Waals surface area contributed by atoms with Crippen LogP contribution >= 0.6 is 11.8 Å². The molecule has 24 heavy (non-hydrogen) atoms. The number of nitrogens with zero attached hydrogens (tertiary/aromatic N) is 3. The van der Waals surface area contributed by atoms with E-state index in [1.54, 1.807) is 0 Å². The molecule has 3 heterocycles. The van der Waals surface area contributed by atoms with Gasteiger partial charge in [-0.15, -0.1) is 0 Å². The fourth-order valence-corrected chi connectivity index (χ4v) is 4.73. The van der Waals surface area contributed by atoms with Crippen molar-refractivity contribution in [1.29, 1.82) is 0 Å². The zero-order chi connectivity index (χ0) is 16.7. The first-order valence-corrected chi connectivity index (χ1v) is 9.78. The van der Waals surface area contributed by atoms with Gasteiger partial charge in [-0.1, -0.05) is 6.07 Å². The highest BCUT2D eigenvalue weighted by atomic mass is 32.2. The molecule has 0 bridgehead atoms. The van der Waals surface area contributed by atoms with E-state index in [2.05, 4.69) is 20.2 Å². The third-order valence-electron chi connectivity index (χ3n) is 4.72. The molecule has 132 valence electrons. The number of nitrogens with one attached hydrogen (secondary N) is 1. The number of thioether (sulfide) groups is 1. The lowest BCUT2D eigenvalue weighted by Crippen LogP contribution is -2.56. The summed E-state index contributed by atoms with van der Waals surface area (Å²) in [6.45, 7) is 5.18. The first-order valence-electron chi connectivity index (χ1n) is 8.63. The Labute approximate surface area is 148 Å². The van der Waals surface area contributed by atoms with Gasteiger partial charge in [-0.3, -0.25) is 14.9 Å². The lowest BCUT2D eigenvalue weighted by molar-refractivity contribution is -0.0104. The summed E-state index contributed by atoms with van der Waals surface area (Å²) in [4.78, 5) is 11.5. The van der Waals surface area contributed by atoms with Gasteiger partial charge in [-0.25, -0.2) is 0 Å². The van der Waals surface area contributed by atoms with Gasteiger partial charge in [0, 0.05) is 43.7 Å². The molecule has 1 atom stereocenters. The number of hydrogen-bond donors (Lipinski definition) is 2. The fraction of sp³-hybridized carbons (Fsp3) is 0.647. The van der Waals surface area contributed by atoms with E-state index in [1.165, 1.54) is 12.2 Å². The van der Waals surface area contributed by atoms with Crippen molar-refractivity contribution >= 4 is 17.7 Å². The average molecular weight is 350 g/mol. The Morgan fingerprint density at radius 1 is 1.42 bits per heavy atom. The summed E-state index contributed by atoms with van der Waals surface area (Å²) in [5, 5.41) is 3.21. The SMILES string of the molecule is NC(=NCC1(N2CCOCC2)CCSC1)NCCc1ccccn1. The van der Waals surface area contributed by atoms with Crippen molar-refractivity contribution in [2.75, 3.05) is 50.9 Å². The number of ether oxygens (including phenoxy) is 1. The van der Waals surface area contributed by atoms with Crippen molar-refractivity contribution in [1.82, 2.24) is 15.2 Å². The topological polar surface area (TPSA) is 75.8 Å². The minimum Gasteiger partial charge on any atom is -0.379 e. The summed E-state index contributed by atoms with van der Waals surface area (Å²) < 4.78 is 5.50. The van der Waals surface area contributed by atoms with Crippen LogP contribution in [0.5, 0.6) is 0 Å². The van der Waals surface area contributed by atoms with Crippen molar-refractivity contribution in [3.63, 3.8) is 0 Å². The Hall–Kier alpha value is -1.31. The van der Waals surface area contributed by atoms with Crippen molar-refractivity contribution in [2.45, 2.75) is 18.4 Å². The van der Waals surface area contributed by atoms with Gasteiger partial charge < -0.3 is 15.8 Å². The Morgan fingerprint density at radius 2 is 2.29 bits per heavy atom. The molecular formula is C17H27N5OS. The normalized spacial score (nSPS) is 25.8. The van der Waals surface area contributed by atoms with Crippen LogP contribution in [0.25, 0.3) is 0 Å². The third kappa shape index (κ3) is 4.62. The van der Waals surface area contributed by atoms with E-state index in [1.807, 2.05) is 36.2 Å². The molecule has 2 aliphatic heterocycles. The molecule has 0 amide bonds. The number of morpholine rings is 1. The summed E-state index contributed by atoms with van der Waals surface area (Å²) in [5.41, 5.74) is 7.29. The van der Waals surface area contributed by atoms with Gasteiger partial charge in [-0.05, 0) is 24.3 Å². The van der Waals surface area contributed by atoms with E-state index in [0.29, 0.717) is 5.96 Å². The number of rotatable bonds is 6. The largest absolute Gasteiger partial charge is 0.379 e. The second-order valence-electron chi connectivity index (χ2n) is 6.33. The van der Waals surface area contributed by atoms with Crippen molar-refractivity contribution < 1.29 is 4.74 Å². The molecule has 1 unspecified atom stereocenters. The van der Waals surface area contributed by atoms with Crippen LogP contribution in [0.2, 0.25) is 0 Å². The molecule has 7 heteroatoms. The first kappa shape index (κ1) is 17.5. The standard InChI is InChI=1S/C17H27N5OS/c18-16(20-7-4-15-3-1-2-6-19-15)21-13-17(5-12-24-14-17)22-8-10-23-11-9-22/h1-3,6H,4-5,7-14H2,(H3,18,20,21). The monoisotopic (exact) mass is 349 g/mol. The number of pyridine rings is 1. The maximum atomic E-state index is 6.07. The molecule has 0 spiro atoms. The van der Waals surface area contributed by atoms with Crippen LogP contribution < -0.4 is 11.1 Å². The lowest BCUT2D eigenvalue weighted by Gasteiger charge is -2.42. The predicted octanol–water partition coefficient (Wildman–Crippen LogP) is 0.736. The van der Waals surface area contributed by atoms with Crippen LogP contribution in [-0.4, -0.2) is 72.3 Å². The van der Waals surface area contributed by atoms with E-state index >= 15 is 0 Å². The summed E-state index contributed by atoms with van der Waals surface area (Å²) in [6.07, 6.45) is 3.85. The van der Waals surface area contributed by atoms with Gasteiger partial charge in [-0.2, -0.15) is 11.8 Å². The van der Waals surface area contributed by atoms with Gasteiger partial charge >= 0.3 is 0 Å². The van der Waals surface area contributed by atoms with Crippen LogP contribution in [-0.2, 0) is 11.2 Å². The zero-order valence-electron chi connectivity index (χ0n) is 14.1. The molecule has 2 saturated heterocycles. The number of nitrogens with two attached hydrogens (primary N) is 1. The van der Waals surface area contributed by atoms with E-state index in [0.717, 1.165) is 57.3 Å². The van der Waals surface area contributed by atoms with Crippen LogP contribution in [0, 0.1) is 0 Å². The number of hydrogen-bond acceptors (Lipinski definition) is 5. The highest BCUT2D eigenvalue weighted by Gasteiger charge is 2.40. The minimum atomic E-state index is 0.154. The molecule has 0 aliphatic carbocycles. The number of guanidine groups is 1. The molecule has 0 saturated carbocycles. The van der Waals surface area contributed by atoms with Crippen LogP contribution in [0.4, 0.5) is 0 Å². The summed E-state index contributed by atoms with van der Waals surface area (Å²) >= 11 is 2.02. The van der Waals surface area contributed by atoms with E-state index in [9.17, 15) is 0 Å². The highest BCUT2D eigenvalue weighted by molar-refractivity contribution is 7.99. The molecule has 1 aromatic rings. The lowest BCUT2D eigenvalue weighted by atomic mass is 9.96. The summed E-state index contributed by atoms with van der Waals surface area (Å²) in [7, 11) is 0. The highest BCUT2D eigenvalue weighted by Crippen LogP contribution is 2.34. The average Bonchev–Trinajstić information content (AvgIpc) is 3.12. The number of aliphatic imine (C=N–C) groups is 1. The van der Waals surface area contributed by atoms with Crippen LogP contribution in [0.1, 0.15) is 12.1 Å². The first-order chi connectivity index (χ1) is 11.8. The van der Waals surface area contributed by atoms with Gasteiger partial charge in [0.05, 0.1) is 25.3 Å². The van der Waals surface area contributed by atoms with Crippen LogP contribution in [0.15, 0.2) is 29.4 Å². The third-order valence-corrected chi connectivity index (χ3v) is 5.96. The molecular weight excluding hydrogens is 322 g/mol. The zero-order valence-corrected chi connectivity index (χ0v) is 14.9. The van der Waals surface area contributed by atoms with Gasteiger partial charge in [0.2, 0.25) is 0 Å². The van der Waals surface area contributed by atoms with Crippen molar-refractivity contribution in [2.24, 2.45) is 10.7 Å². The number of aromatic nitrogens is 1. The predicted molar refractivity (Wildman–Crippen MR) is 99.5 cm³/mol. The van der Waals surface area contributed by atoms with E-state index in [-0.39, 0.29) is 5.54 Å². The smallest absolute Gasteiger partial charge is 0.188 e. The molecule has 1 aromatic heterocycles.